The number of carbonyl (C=O) groups excluding carboxylic acids is 2. The van der Waals surface area contributed by atoms with Crippen LogP contribution in [0.15, 0.2) is 10.5 Å². The van der Waals surface area contributed by atoms with E-state index in [-0.39, 0.29) is 30.4 Å². The number of nitrogens with one attached hydrogen (secondary N) is 1. The van der Waals surface area contributed by atoms with Crippen LogP contribution in [0.5, 0.6) is 0 Å². The molecule has 5 rings (SSSR count). The molecule has 40 heavy (non-hydrogen) atoms. The first-order chi connectivity index (χ1) is 18.7. The maximum absolute atomic E-state index is 15.0. The third-order valence-electron chi connectivity index (χ3n) is 9.32. The second kappa shape index (κ2) is 10.2. The Hall–Kier alpha value is -2.28. The molecule has 0 aromatic carbocycles. The first-order valence-corrected chi connectivity index (χ1v) is 13.8. The number of ether oxygens (including phenoxy) is 1. The smallest absolute Gasteiger partial charge is 0.398 e. The molecule has 1 saturated carbocycles. The van der Waals surface area contributed by atoms with Crippen LogP contribution in [-0.4, -0.2) is 78.9 Å². The van der Waals surface area contributed by atoms with Gasteiger partial charge in [-0.1, -0.05) is 19.3 Å². The number of alkyl halides is 6. The minimum Gasteiger partial charge on any atom is -0.466 e. The largest absolute Gasteiger partial charge is 0.466 e. The van der Waals surface area contributed by atoms with E-state index in [1.54, 1.807) is 13.8 Å². The molecule has 2 amide bonds. The predicted octanol–water partition coefficient (Wildman–Crippen LogP) is 4.82. The van der Waals surface area contributed by atoms with Crippen LogP contribution >= 0.6 is 0 Å². The minimum absolute atomic E-state index is 0.202. The lowest BCUT2D eigenvalue weighted by Crippen LogP contribution is -2.57. The highest BCUT2D eigenvalue weighted by atomic mass is 19.4. The van der Waals surface area contributed by atoms with Crippen molar-refractivity contribution in [1.29, 1.82) is 0 Å². The van der Waals surface area contributed by atoms with Gasteiger partial charge in [-0.2, -0.15) is 26.3 Å². The molecule has 1 aromatic rings. The molecule has 3 saturated heterocycles. The Morgan fingerprint density at radius 2 is 1.52 bits per heavy atom. The maximum Gasteiger partial charge on any atom is 0.398 e. The molecule has 1 aliphatic carbocycles. The van der Waals surface area contributed by atoms with Crippen molar-refractivity contribution in [3.8, 4) is 0 Å². The molecule has 1 aromatic heterocycles. The summed E-state index contributed by atoms with van der Waals surface area (Å²) in [5.41, 5.74) is -6.39. The van der Waals surface area contributed by atoms with E-state index in [0.717, 1.165) is 24.2 Å². The van der Waals surface area contributed by atoms with Gasteiger partial charge in [0.2, 0.25) is 5.91 Å². The number of hydrogen-bond donors (Lipinski definition) is 1. The van der Waals surface area contributed by atoms with Crippen molar-refractivity contribution >= 4 is 11.8 Å². The number of halogens is 6. The molecule has 4 aliphatic rings. The first-order valence-electron chi connectivity index (χ1n) is 13.8. The topological polar surface area (TPSA) is 75.0 Å². The summed E-state index contributed by atoms with van der Waals surface area (Å²) in [6.07, 6.45) is -6.75. The summed E-state index contributed by atoms with van der Waals surface area (Å²) < 4.78 is 101. The van der Waals surface area contributed by atoms with Crippen LogP contribution in [0, 0.1) is 24.7 Å². The van der Waals surface area contributed by atoms with Gasteiger partial charge >= 0.3 is 12.4 Å². The van der Waals surface area contributed by atoms with Crippen molar-refractivity contribution < 1.29 is 45.1 Å². The van der Waals surface area contributed by atoms with Crippen LogP contribution in [0.1, 0.15) is 68.1 Å². The highest BCUT2D eigenvalue weighted by Gasteiger charge is 2.83. The van der Waals surface area contributed by atoms with E-state index in [4.69, 9.17) is 9.15 Å². The number of rotatable bonds is 5. The summed E-state index contributed by atoms with van der Waals surface area (Å²) in [6.45, 7) is -1.09. The van der Waals surface area contributed by atoms with Gasteiger partial charge in [-0.3, -0.25) is 14.5 Å². The standard InChI is InChI=1S/C27H35F6N3O4/c1-16-11-19(17(2)40-16)21(22(37)34-18-7-4-3-5-8-18)35-12-24(26(28,29)30)14-36(23(38)20-9-6-10-39-20)15-25(24,13-35)27(31,32)33/h11,18,20-21H,3-10,12-15H2,1-2H3,(H,34,37)/t20-,21?,24-,25+/m0/s1. The number of aryl methyl sites for hydroxylation is 2. The Morgan fingerprint density at radius 3 is 2.00 bits per heavy atom. The summed E-state index contributed by atoms with van der Waals surface area (Å²) in [6, 6.07) is -0.111. The number of fused-ring (bicyclic) bond motifs is 1. The summed E-state index contributed by atoms with van der Waals surface area (Å²) >= 11 is 0. The van der Waals surface area contributed by atoms with Gasteiger partial charge in [0.05, 0.1) is 0 Å². The molecular weight excluding hydrogens is 544 g/mol. The number of likely N-dealkylation sites (tertiary alicyclic amines) is 2. The fourth-order valence-corrected chi connectivity index (χ4v) is 7.33. The molecule has 7 nitrogen and oxygen atoms in total. The van der Waals surface area contributed by atoms with E-state index in [1.165, 1.54) is 6.07 Å². The molecule has 3 aliphatic heterocycles. The van der Waals surface area contributed by atoms with Gasteiger partial charge in [0.25, 0.3) is 5.91 Å². The second-order valence-electron chi connectivity index (χ2n) is 11.9. The van der Waals surface area contributed by atoms with Crippen LogP contribution in [0.3, 0.4) is 0 Å². The lowest BCUT2D eigenvalue weighted by molar-refractivity contribution is -0.306. The van der Waals surface area contributed by atoms with Crippen LogP contribution < -0.4 is 5.32 Å². The normalized spacial score (nSPS) is 31.0. The number of nitrogens with zero attached hydrogens (tertiary/aromatic N) is 2. The van der Waals surface area contributed by atoms with Crippen molar-refractivity contribution in [2.24, 2.45) is 10.8 Å². The summed E-state index contributed by atoms with van der Waals surface area (Å²) in [4.78, 5) is 28.4. The molecular formula is C27H35F6N3O4. The quantitative estimate of drug-likeness (QED) is 0.507. The minimum atomic E-state index is -5.31. The van der Waals surface area contributed by atoms with Gasteiger partial charge in [0, 0.05) is 44.4 Å². The Bertz CT molecular complexity index is 1090. The molecule has 13 heteroatoms. The van der Waals surface area contributed by atoms with E-state index in [2.05, 4.69) is 5.32 Å². The fourth-order valence-electron chi connectivity index (χ4n) is 7.33. The zero-order valence-electron chi connectivity index (χ0n) is 22.6. The Morgan fingerprint density at radius 1 is 0.925 bits per heavy atom. The fraction of sp³-hybridized carbons (Fsp3) is 0.778. The van der Waals surface area contributed by atoms with Crippen molar-refractivity contribution in [1.82, 2.24) is 15.1 Å². The SMILES string of the molecule is Cc1cc(C(C(=O)NC2CCCCC2)N2C[C@]3(C(F)(F)F)CN(C(=O)[C@@H]4CCCO4)C[C@]3(C(F)(F)F)C2)c(C)o1. The molecule has 0 radical (unpaired) electrons. The summed E-state index contributed by atoms with van der Waals surface area (Å²) in [7, 11) is 0. The Balaban J connectivity index is 1.54. The van der Waals surface area contributed by atoms with Gasteiger partial charge in [0.1, 0.15) is 34.5 Å². The number of amides is 2. The molecule has 1 unspecified atom stereocenters. The van der Waals surface area contributed by atoms with E-state index in [1.807, 2.05) is 0 Å². The van der Waals surface area contributed by atoms with E-state index in [0.29, 0.717) is 29.9 Å². The Kier molecular flexibility index (Phi) is 7.46. The monoisotopic (exact) mass is 579 g/mol. The third-order valence-corrected chi connectivity index (χ3v) is 9.32. The van der Waals surface area contributed by atoms with Gasteiger partial charge in [0.15, 0.2) is 0 Å². The summed E-state index contributed by atoms with van der Waals surface area (Å²) in [5.74, 6) is -0.835. The van der Waals surface area contributed by atoms with Gasteiger partial charge in [-0.25, -0.2) is 0 Å². The number of furan rings is 1. The zero-order chi connectivity index (χ0) is 29.1. The van der Waals surface area contributed by atoms with Crippen molar-refractivity contribution in [2.45, 2.75) is 89.3 Å². The van der Waals surface area contributed by atoms with Crippen LogP contribution in [0.25, 0.3) is 0 Å². The van der Waals surface area contributed by atoms with Crippen LogP contribution in [-0.2, 0) is 14.3 Å². The zero-order valence-corrected chi connectivity index (χ0v) is 22.6. The Labute approximate surface area is 228 Å². The van der Waals surface area contributed by atoms with Crippen molar-refractivity contribution in [2.75, 3.05) is 32.8 Å². The van der Waals surface area contributed by atoms with E-state index in [9.17, 15) is 35.9 Å². The van der Waals surface area contributed by atoms with Gasteiger partial charge in [-0.05, 0) is 45.6 Å². The molecule has 4 fully saturated rings. The lowest BCUT2D eigenvalue weighted by Gasteiger charge is -2.40. The van der Waals surface area contributed by atoms with Gasteiger partial charge in [-0.15, -0.1) is 0 Å². The lowest BCUT2D eigenvalue weighted by atomic mass is 9.67. The van der Waals surface area contributed by atoms with Crippen LogP contribution in [0.2, 0.25) is 0 Å². The van der Waals surface area contributed by atoms with E-state index >= 15 is 0 Å². The summed E-state index contributed by atoms with van der Waals surface area (Å²) in [5, 5.41) is 2.90. The molecule has 4 heterocycles. The molecule has 1 N–H and O–H groups in total. The number of carbonyl (C=O) groups is 2. The highest BCUT2D eigenvalue weighted by molar-refractivity contribution is 5.84. The van der Waals surface area contributed by atoms with Crippen molar-refractivity contribution in [3.05, 3.63) is 23.2 Å². The van der Waals surface area contributed by atoms with Gasteiger partial charge < -0.3 is 19.4 Å². The molecule has 224 valence electrons. The van der Waals surface area contributed by atoms with Crippen molar-refractivity contribution in [3.63, 3.8) is 0 Å². The maximum atomic E-state index is 15.0. The third kappa shape index (κ3) is 4.70. The molecule has 0 spiro atoms. The average molecular weight is 580 g/mol. The van der Waals surface area contributed by atoms with E-state index < -0.39 is 73.3 Å². The first kappa shape index (κ1) is 29.2. The average Bonchev–Trinajstić information content (AvgIpc) is 3.62. The molecule has 4 atom stereocenters. The highest BCUT2D eigenvalue weighted by Crippen LogP contribution is 2.66. The number of hydrogen-bond acceptors (Lipinski definition) is 5. The second-order valence-corrected chi connectivity index (χ2v) is 11.9. The predicted molar refractivity (Wildman–Crippen MR) is 130 cm³/mol. The molecule has 0 bridgehead atoms. The van der Waals surface area contributed by atoms with Crippen LogP contribution in [0.4, 0.5) is 26.3 Å².